The van der Waals surface area contributed by atoms with Gasteiger partial charge in [0.15, 0.2) is 0 Å². The Hall–Kier alpha value is -3.15. The van der Waals surface area contributed by atoms with Crippen molar-refractivity contribution in [1.29, 1.82) is 0 Å². The minimum Gasteiger partial charge on any atom is -0.356 e. The number of amides is 1. The Kier molecular flexibility index (Phi) is 4.39. The van der Waals surface area contributed by atoms with Gasteiger partial charge in [0.05, 0.1) is 5.92 Å². The predicted molar refractivity (Wildman–Crippen MR) is 101 cm³/mol. The van der Waals surface area contributed by atoms with Gasteiger partial charge in [-0.05, 0) is 37.1 Å². The molecule has 0 saturated carbocycles. The van der Waals surface area contributed by atoms with Crippen LogP contribution in [0.15, 0.2) is 65.6 Å². The Morgan fingerprint density at radius 1 is 1.12 bits per heavy atom. The lowest BCUT2D eigenvalue weighted by Crippen LogP contribution is -2.41. The van der Waals surface area contributed by atoms with Gasteiger partial charge in [-0.1, -0.05) is 24.3 Å². The van der Waals surface area contributed by atoms with Gasteiger partial charge in [0.2, 0.25) is 5.91 Å². The van der Waals surface area contributed by atoms with E-state index in [9.17, 15) is 9.59 Å². The van der Waals surface area contributed by atoms with Crippen LogP contribution in [-0.4, -0.2) is 28.4 Å². The van der Waals surface area contributed by atoms with Crippen molar-refractivity contribution < 1.29 is 4.79 Å². The van der Waals surface area contributed by atoms with Gasteiger partial charge in [0, 0.05) is 31.0 Å². The van der Waals surface area contributed by atoms with E-state index in [0.29, 0.717) is 18.0 Å². The average molecular weight is 348 g/mol. The first-order chi connectivity index (χ1) is 12.7. The largest absolute Gasteiger partial charge is 0.356 e. The van der Waals surface area contributed by atoms with Crippen LogP contribution in [-0.2, 0) is 4.79 Å². The molecule has 4 rings (SSSR count). The minimum absolute atomic E-state index is 0.0124. The molecule has 2 aromatic heterocycles. The predicted octanol–water partition coefficient (Wildman–Crippen LogP) is 2.55. The van der Waals surface area contributed by atoms with Crippen molar-refractivity contribution in [3.8, 4) is 0 Å². The lowest BCUT2D eigenvalue weighted by molar-refractivity contribution is -0.120. The molecule has 6 nitrogen and oxygen atoms in total. The highest BCUT2D eigenvalue weighted by Gasteiger charge is 2.27. The second-order valence-electron chi connectivity index (χ2n) is 6.52. The molecule has 3 aromatic rings. The van der Waals surface area contributed by atoms with Crippen LogP contribution in [0.5, 0.6) is 0 Å². The molecule has 1 aromatic carbocycles. The fourth-order valence-electron chi connectivity index (χ4n) is 3.37. The molecule has 26 heavy (non-hydrogen) atoms. The van der Waals surface area contributed by atoms with Gasteiger partial charge >= 0.3 is 0 Å². The Morgan fingerprint density at radius 3 is 2.77 bits per heavy atom. The van der Waals surface area contributed by atoms with E-state index in [1.165, 1.54) is 4.40 Å². The molecule has 1 saturated heterocycles. The van der Waals surface area contributed by atoms with Crippen molar-refractivity contribution in [2.24, 2.45) is 5.92 Å². The summed E-state index contributed by atoms with van der Waals surface area (Å²) in [5, 5.41) is 2.97. The highest BCUT2D eigenvalue weighted by molar-refractivity contribution is 5.93. The molecule has 0 radical (unpaired) electrons. The van der Waals surface area contributed by atoms with Gasteiger partial charge in [0.25, 0.3) is 5.56 Å². The summed E-state index contributed by atoms with van der Waals surface area (Å²) >= 11 is 0. The monoisotopic (exact) mass is 348 g/mol. The molecule has 1 amide bonds. The normalized spacial score (nSPS) is 17.2. The molecule has 6 heteroatoms. The first kappa shape index (κ1) is 16.3. The summed E-state index contributed by atoms with van der Waals surface area (Å²) in [6, 6.07) is 16.5. The van der Waals surface area contributed by atoms with E-state index >= 15 is 0 Å². The molecule has 1 fully saturated rings. The summed E-state index contributed by atoms with van der Waals surface area (Å²) in [7, 11) is 0. The van der Waals surface area contributed by atoms with E-state index in [0.717, 1.165) is 25.1 Å². The maximum absolute atomic E-state index is 12.6. The zero-order valence-corrected chi connectivity index (χ0v) is 14.3. The van der Waals surface area contributed by atoms with E-state index in [1.807, 2.05) is 47.4 Å². The van der Waals surface area contributed by atoms with Crippen molar-refractivity contribution in [2.45, 2.75) is 12.8 Å². The zero-order valence-electron chi connectivity index (χ0n) is 14.3. The van der Waals surface area contributed by atoms with Crippen LogP contribution < -0.4 is 15.8 Å². The van der Waals surface area contributed by atoms with Crippen molar-refractivity contribution >= 4 is 23.1 Å². The van der Waals surface area contributed by atoms with Gasteiger partial charge in [-0.2, -0.15) is 0 Å². The van der Waals surface area contributed by atoms with Crippen molar-refractivity contribution in [2.75, 3.05) is 23.3 Å². The maximum Gasteiger partial charge on any atom is 0.259 e. The Labute approximate surface area is 151 Å². The van der Waals surface area contributed by atoms with Crippen molar-refractivity contribution in [3.05, 3.63) is 71.1 Å². The molecule has 3 heterocycles. The van der Waals surface area contributed by atoms with Gasteiger partial charge in [0.1, 0.15) is 11.5 Å². The molecule has 0 aliphatic carbocycles. The number of hydrogen-bond donors (Lipinski definition) is 1. The van der Waals surface area contributed by atoms with Gasteiger partial charge < -0.3 is 10.2 Å². The number of nitrogens with one attached hydrogen (secondary N) is 1. The second kappa shape index (κ2) is 7.00. The Morgan fingerprint density at radius 2 is 1.92 bits per heavy atom. The number of carbonyl (C=O) groups is 1. The van der Waals surface area contributed by atoms with Crippen LogP contribution in [0.4, 0.5) is 11.5 Å². The number of para-hydroxylation sites is 1. The molecule has 1 aliphatic rings. The van der Waals surface area contributed by atoms with Crippen molar-refractivity contribution in [3.63, 3.8) is 0 Å². The van der Waals surface area contributed by atoms with E-state index < -0.39 is 0 Å². The number of nitrogens with zero attached hydrogens (tertiary/aromatic N) is 3. The molecular formula is C20H20N4O2. The van der Waals surface area contributed by atoms with Gasteiger partial charge in [-0.15, -0.1) is 0 Å². The molecule has 0 spiro atoms. The molecular weight excluding hydrogens is 328 g/mol. The lowest BCUT2D eigenvalue weighted by Gasteiger charge is -2.32. The molecule has 1 aliphatic heterocycles. The third-order valence-electron chi connectivity index (χ3n) is 4.71. The van der Waals surface area contributed by atoms with E-state index in [4.69, 9.17) is 0 Å². The summed E-state index contributed by atoms with van der Waals surface area (Å²) < 4.78 is 1.52. The molecule has 132 valence electrons. The zero-order chi connectivity index (χ0) is 17.9. The maximum atomic E-state index is 12.6. The highest BCUT2D eigenvalue weighted by Crippen LogP contribution is 2.22. The smallest absolute Gasteiger partial charge is 0.259 e. The number of pyridine rings is 1. The lowest BCUT2D eigenvalue weighted by atomic mass is 9.97. The first-order valence-corrected chi connectivity index (χ1v) is 8.80. The minimum atomic E-state index is -0.125. The second-order valence-corrected chi connectivity index (χ2v) is 6.52. The van der Waals surface area contributed by atoms with Crippen LogP contribution in [0, 0.1) is 5.92 Å². The van der Waals surface area contributed by atoms with Crippen LogP contribution in [0.25, 0.3) is 5.65 Å². The average Bonchev–Trinajstić information content (AvgIpc) is 2.69. The van der Waals surface area contributed by atoms with Crippen LogP contribution >= 0.6 is 0 Å². The van der Waals surface area contributed by atoms with Gasteiger partial charge in [-0.25, -0.2) is 4.98 Å². The molecule has 0 unspecified atom stereocenters. The first-order valence-electron chi connectivity index (χ1n) is 8.80. The molecule has 1 atom stereocenters. The van der Waals surface area contributed by atoms with E-state index in [-0.39, 0.29) is 17.4 Å². The van der Waals surface area contributed by atoms with Gasteiger partial charge in [-0.3, -0.25) is 14.0 Å². The summed E-state index contributed by atoms with van der Waals surface area (Å²) in [6.07, 6.45) is 3.44. The summed E-state index contributed by atoms with van der Waals surface area (Å²) in [6.45, 7) is 1.36. The number of anilines is 2. The van der Waals surface area contributed by atoms with Crippen LogP contribution in [0.2, 0.25) is 0 Å². The number of fused-ring (bicyclic) bond motifs is 1. The highest BCUT2D eigenvalue weighted by atomic mass is 16.2. The number of rotatable bonds is 3. The Balaban J connectivity index is 1.53. The molecule has 0 bridgehead atoms. The Bertz CT molecular complexity index is 984. The van der Waals surface area contributed by atoms with E-state index in [1.54, 1.807) is 18.3 Å². The van der Waals surface area contributed by atoms with Crippen molar-refractivity contribution in [1.82, 2.24) is 9.38 Å². The summed E-state index contributed by atoms with van der Waals surface area (Å²) in [5.41, 5.74) is 1.31. The fourth-order valence-corrected chi connectivity index (χ4v) is 3.37. The quantitative estimate of drug-likeness (QED) is 0.790. The van der Waals surface area contributed by atoms with Crippen LogP contribution in [0.1, 0.15) is 12.8 Å². The third kappa shape index (κ3) is 3.31. The van der Waals surface area contributed by atoms with E-state index in [2.05, 4.69) is 10.3 Å². The number of benzene rings is 1. The standard InChI is InChI=1S/C20H20N4O2/c25-19-13-18(22-17-10-4-5-12-24(17)19)23-11-6-7-15(14-23)20(26)21-16-8-2-1-3-9-16/h1-5,8-10,12-13,15H,6-7,11,14H2,(H,21,26)/t15-/m0/s1. The number of hydrogen-bond acceptors (Lipinski definition) is 4. The fraction of sp³-hybridized carbons (Fsp3) is 0.250. The number of carbonyl (C=O) groups excluding carboxylic acids is 1. The summed E-state index contributed by atoms with van der Waals surface area (Å²) in [4.78, 5) is 31.5. The third-order valence-corrected chi connectivity index (χ3v) is 4.71. The number of aromatic nitrogens is 2. The molecule has 1 N–H and O–H groups in total. The SMILES string of the molecule is O=C(Nc1ccccc1)[C@H]1CCCN(c2cc(=O)n3ccccc3n2)C1. The van der Waals surface area contributed by atoms with Crippen LogP contribution in [0.3, 0.4) is 0 Å². The summed E-state index contributed by atoms with van der Waals surface area (Å²) in [5.74, 6) is 0.525. The topological polar surface area (TPSA) is 66.7 Å². The number of piperidine rings is 1.